The number of hydrogen-bond acceptors (Lipinski definition) is 11. The summed E-state index contributed by atoms with van der Waals surface area (Å²) in [6.45, 7) is 7.81. The van der Waals surface area contributed by atoms with Crippen LogP contribution in [0.15, 0.2) is 82.6 Å². The fourth-order valence-corrected chi connectivity index (χ4v) is 5.07. The molecule has 0 saturated carbocycles. The number of carbonyl (C=O) groups is 1. The Kier molecular flexibility index (Phi) is 8.06. The van der Waals surface area contributed by atoms with Gasteiger partial charge in [0, 0.05) is 56.2 Å². The predicted molar refractivity (Wildman–Crippen MR) is 146 cm³/mol. The molecular weight excluding hydrogens is 516 g/mol. The van der Waals surface area contributed by atoms with Gasteiger partial charge in [0.15, 0.2) is 0 Å². The molecular formula is C28H30N6O6. The molecule has 1 fully saturated rings. The van der Waals surface area contributed by atoms with Crippen molar-refractivity contribution >= 4 is 23.1 Å². The number of rotatable bonds is 8. The largest absolute Gasteiger partial charge is 0.513 e. The molecule has 1 unspecified atom stereocenters. The van der Waals surface area contributed by atoms with Crippen molar-refractivity contribution in [3.8, 4) is 0 Å². The normalized spacial score (nSPS) is 17.9. The average Bonchev–Trinajstić information content (AvgIpc) is 3.50. The van der Waals surface area contributed by atoms with E-state index in [4.69, 9.17) is 13.9 Å². The number of nitro benzene ring substituents is 1. The van der Waals surface area contributed by atoms with Gasteiger partial charge in [-0.15, -0.1) is 10.2 Å². The molecule has 1 N–H and O–H groups in total. The van der Waals surface area contributed by atoms with Crippen molar-refractivity contribution in [2.24, 2.45) is 0 Å². The van der Waals surface area contributed by atoms with Crippen LogP contribution in [0.5, 0.6) is 0 Å². The number of anilines is 1. The van der Waals surface area contributed by atoms with E-state index in [1.54, 1.807) is 19.1 Å². The minimum absolute atomic E-state index is 0.0921. The number of dihydropyridines is 1. The number of ether oxygens (including phenoxy) is 2. The van der Waals surface area contributed by atoms with E-state index in [0.717, 1.165) is 26.2 Å². The van der Waals surface area contributed by atoms with E-state index in [-0.39, 0.29) is 23.9 Å². The van der Waals surface area contributed by atoms with Crippen molar-refractivity contribution in [3.63, 3.8) is 0 Å². The summed E-state index contributed by atoms with van der Waals surface area (Å²) in [7, 11) is 0. The molecule has 208 valence electrons. The highest BCUT2D eigenvalue weighted by molar-refractivity contribution is 5.75. The van der Waals surface area contributed by atoms with Crippen LogP contribution in [0.1, 0.15) is 31.2 Å². The summed E-state index contributed by atoms with van der Waals surface area (Å²) in [4.78, 5) is 28.4. The fraction of sp³-hybridized carbons (Fsp3) is 0.321. The first-order valence-electron chi connectivity index (χ1n) is 13.0. The van der Waals surface area contributed by atoms with Gasteiger partial charge in [-0.1, -0.05) is 30.3 Å². The number of para-hydroxylation sites is 1. The Hall–Kier alpha value is -4.71. The van der Waals surface area contributed by atoms with Gasteiger partial charge in [0.05, 0.1) is 22.1 Å². The zero-order valence-corrected chi connectivity index (χ0v) is 22.3. The Labute approximate surface area is 231 Å². The number of nitrogens with zero attached hydrogens (tertiary/aromatic N) is 5. The molecule has 1 aromatic heterocycles. The number of hydrogen-bond donors (Lipinski definition) is 1. The first-order chi connectivity index (χ1) is 19.4. The molecule has 1 atom stereocenters. The highest BCUT2D eigenvalue weighted by atomic mass is 16.7. The van der Waals surface area contributed by atoms with Crippen molar-refractivity contribution in [1.29, 1.82) is 0 Å². The zero-order chi connectivity index (χ0) is 28.1. The lowest BCUT2D eigenvalue weighted by molar-refractivity contribution is -0.384. The van der Waals surface area contributed by atoms with Gasteiger partial charge in [-0.05, 0) is 31.5 Å². The Morgan fingerprint density at radius 3 is 2.58 bits per heavy atom. The summed E-state index contributed by atoms with van der Waals surface area (Å²) in [5.41, 5.74) is 3.43. The smallest absolute Gasteiger partial charge is 0.433 e. The van der Waals surface area contributed by atoms with Gasteiger partial charge in [-0.25, -0.2) is 4.79 Å². The summed E-state index contributed by atoms with van der Waals surface area (Å²) in [5, 5.41) is 22.5. The SMILES string of the molecule is CC1=C(OC(=O)OCCN2CCN(c3ccccc3)CC2)C(c2cccc([N+](=O)[O-])c2)C(c2nnco2)=C(C)N1. The van der Waals surface area contributed by atoms with E-state index in [9.17, 15) is 14.9 Å². The van der Waals surface area contributed by atoms with Crippen LogP contribution in [0.4, 0.5) is 16.2 Å². The number of carbonyl (C=O) groups excluding carboxylic acids is 1. The minimum atomic E-state index is -0.862. The Morgan fingerprint density at radius 1 is 1.10 bits per heavy atom. The van der Waals surface area contributed by atoms with Gasteiger partial charge in [0.2, 0.25) is 12.3 Å². The number of nitrogens with one attached hydrogen (secondary N) is 1. The lowest BCUT2D eigenvalue weighted by atomic mass is 9.85. The maximum atomic E-state index is 12.9. The topological polar surface area (TPSA) is 136 Å². The van der Waals surface area contributed by atoms with Gasteiger partial charge >= 0.3 is 6.16 Å². The van der Waals surface area contributed by atoms with Crippen molar-refractivity contribution in [1.82, 2.24) is 20.4 Å². The van der Waals surface area contributed by atoms with E-state index in [1.165, 1.54) is 24.2 Å². The third-order valence-corrected chi connectivity index (χ3v) is 7.02. The summed E-state index contributed by atoms with van der Waals surface area (Å²) in [6, 6.07) is 16.4. The summed E-state index contributed by atoms with van der Waals surface area (Å²) in [6.07, 6.45) is 0.332. The maximum Gasteiger partial charge on any atom is 0.513 e. The molecule has 3 heterocycles. The first-order valence-corrected chi connectivity index (χ1v) is 13.0. The fourth-order valence-electron chi connectivity index (χ4n) is 5.07. The van der Waals surface area contributed by atoms with Gasteiger partial charge < -0.3 is 24.1 Å². The monoisotopic (exact) mass is 546 g/mol. The van der Waals surface area contributed by atoms with Crippen LogP contribution in [-0.2, 0) is 9.47 Å². The third kappa shape index (κ3) is 5.96. The second kappa shape index (κ2) is 12.0. The van der Waals surface area contributed by atoms with Crippen LogP contribution < -0.4 is 10.2 Å². The van der Waals surface area contributed by atoms with Crippen LogP contribution in [-0.4, -0.2) is 65.5 Å². The van der Waals surface area contributed by atoms with E-state index in [1.807, 2.05) is 25.1 Å². The van der Waals surface area contributed by atoms with E-state index < -0.39 is 17.0 Å². The number of nitro groups is 1. The predicted octanol–water partition coefficient (Wildman–Crippen LogP) is 4.30. The van der Waals surface area contributed by atoms with E-state index in [2.05, 4.69) is 37.4 Å². The van der Waals surface area contributed by atoms with Crippen LogP contribution in [0.2, 0.25) is 0 Å². The van der Waals surface area contributed by atoms with E-state index >= 15 is 0 Å². The highest BCUT2D eigenvalue weighted by Gasteiger charge is 2.36. The first kappa shape index (κ1) is 26.9. The van der Waals surface area contributed by atoms with Gasteiger partial charge in [-0.2, -0.15) is 0 Å². The van der Waals surface area contributed by atoms with Gasteiger partial charge in [0.1, 0.15) is 12.4 Å². The molecule has 5 rings (SSSR count). The molecule has 40 heavy (non-hydrogen) atoms. The number of piperazine rings is 1. The standard InChI is InChI=1S/C28H30N6O6/c1-19-24(27-31-29-18-39-27)25(21-7-6-10-23(17-21)34(36)37)26(20(2)30-19)40-28(35)38-16-15-32-11-13-33(14-12-32)22-8-4-3-5-9-22/h3-10,17-18,25,30H,11-16H2,1-2H3. The number of benzene rings is 2. The van der Waals surface area contributed by atoms with Crippen LogP contribution in [0, 0.1) is 10.1 Å². The average molecular weight is 547 g/mol. The lowest BCUT2D eigenvalue weighted by Crippen LogP contribution is -2.47. The van der Waals surface area contributed by atoms with Crippen LogP contribution in [0.25, 0.3) is 5.57 Å². The van der Waals surface area contributed by atoms with Gasteiger partial charge in [0.25, 0.3) is 5.69 Å². The quantitative estimate of drug-likeness (QED) is 0.246. The Morgan fingerprint density at radius 2 is 1.88 bits per heavy atom. The number of non-ortho nitro benzene ring substituents is 1. The molecule has 0 aliphatic carbocycles. The van der Waals surface area contributed by atoms with Crippen molar-refractivity contribution in [3.05, 3.63) is 99.7 Å². The summed E-state index contributed by atoms with van der Waals surface area (Å²) >= 11 is 0. The van der Waals surface area contributed by atoms with E-state index in [0.29, 0.717) is 29.1 Å². The molecule has 0 amide bonds. The molecule has 12 heteroatoms. The molecule has 2 aromatic carbocycles. The second-order valence-corrected chi connectivity index (χ2v) is 9.55. The minimum Gasteiger partial charge on any atom is -0.433 e. The highest BCUT2D eigenvalue weighted by Crippen LogP contribution is 2.43. The lowest BCUT2D eigenvalue weighted by Gasteiger charge is -2.36. The Balaban J connectivity index is 1.25. The maximum absolute atomic E-state index is 12.9. The molecule has 0 bridgehead atoms. The number of aromatic nitrogens is 2. The zero-order valence-electron chi connectivity index (χ0n) is 22.3. The molecule has 0 radical (unpaired) electrons. The third-order valence-electron chi connectivity index (χ3n) is 7.02. The van der Waals surface area contributed by atoms with Crippen molar-refractivity contribution in [2.75, 3.05) is 44.2 Å². The van der Waals surface area contributed by atoms with Gasteiger partial charge in [-0.3, -0.25) is 15.0 Å². The number of allylic oxidation sites excluding steroid dienone is 3. The van der Waals surface area contributed by atoms with Crippen molar-refractivity contribution in [2.45, 2.75) is 19.8 Å². The van der Waals surface area contributed by atoms with Crippen molar-refractivity contribution < 1.29 is 23.6 Å². The summed E-state index contributed by atoms with van der Waals surface area (Å²) < 4.78 is 16.7. The molecule has 2 aliphatic rings. The summed E-state index contributed by atoms with van der Waals surface area (Å²) in [5.74, 6) is -0.279. The molecule has 12 nitrogen and oxygen atoms in total. The molecule has 1 saturated heterocycles. The Bertz CT molecular complexity index is 1410. The molecule has 2 aliphatic heterocycles. The molecule has 3 aromatic rings. The van der Waals surface area contributed by atoms with Crippen LogP contribution in [0.3, 0.4) is 0 Å². The second-order valence-electron chi connectivity index (χ2n) is 9.55. The molecule has 0 spiro atoms. The van der Waals surface area contributed by atoms with Crippen LogP contribution >= 0.6 is 0 Å².